The average molecular weight is 309 g/mol. The van der Waals surface area contributed by atoms with Crippen molar-refractivity contribution in [3.63, 3.8) is 0 Å². The second kappa shape index (κ2) is 7.36. The van der Waals surface area contributed by atoms with E-state index in [9.17, 15) is 0 Å². The Morgan fingerprint density at radius 3 is 2.65 bits per heavy atom. The molecule has 0 radical (unpaired) electrons. The smallest absolute Gasteiger partial charge is 0.0334 e. The molecule has 2 heterocycles. The molecule has 0 bridgehead atoms. The van der Waals surface area contributed by atoms with E-state index in [2.05, 4.69) is 54.6 Å². The van der Waals surface area contributed by atoms with Crippen LogP contribution in [-0.2, 0) is 19.6 Å². The minimum absolute atomic E-state index is 0.559. The van der Waals surface area contributed by atoms with E-state index in [-0.39, 0.29) is 0 Å². The zero-order chi connectivity index (χ0) is 14.5. The van der Waals surface area contributed by atoms with Crippen molar-refractivity contribution in [3.05, 3.63) is 43.8 Å². The topological polar surface area (TPSA) is 15.3 Å². The number of nitrogens with one attached hydrogen (secondary N) is 1. The third-order valence-corrected chi connectivity index (χ3v) is 5.42. The SMILES string of the molecule is CNCc1cc(CN(Cc2cccs2)C(C)C)c(C)s1. The van der Waals surface area contributed by atoms with Gasteiger partial charge in [-0.1, -0.05) is 6.07 Å². The molecule has 0 aliphatic carbocycles. The van der Waals surface area contributed by atoms with Crippen LogP contribution in [0.15, 0.2) is 23.6 Å². The first-order valence-corrected chi connectivity index (χ1v) is 8.79. The lowest BCUT2D eigenvalue weighted by Crippen LogP contribution is -2.29. The second-order valence-electron chi connectivity index (χ2n) is 5.40. The zero-order valence-electron chi connectivity index (χ0n) is 12.8. The maximum absolute atomic E-state index is 3.24. The summed E-state index contributed by atoms with van der Waals surface area (Å²) in [5, 5.41) is 5.40. The Kier molecular flexibility index (Phi) is 5.78. The third-order valence-electron chi connectivity index (χ3n) is 3.47. The van der Waals surface area contributed by atoms with Gasteiger partial charge in [-0.25, -0.2) is 0 Å². The van der Waals surface area contributed by atoms with Crippen LogP contribution < -0.4 is 5.32 Å². The van der Waals surface area contributed by atoms with Gasteiger partial charge in [-0.2, -0.15) is 0 Å². The van der Waals surface area contributed by atoms with Crippen molar-refractivity contribution in [1.29, 1.82) is 0 Å². The largest absolute Gasteiger partial charge is 0.315 e. The van der Waals surface area contributed by atoms with Crippen LogP contribution in [0.5, 0.6) is 0 Å². The van der Waals surface area contributed by atoms with Crippen LogP contribution >= 0.6 is 22.7 Å². The van der Waals surface area contributed by atoms with Gasteiger partial charge in [0.25, 0.3) is 0 Å². The van der Waals surface area contributed by atoms with Gasteiger partial charge in [0.1, 0.15) is 0 Å². The Balaban J connectivity index is 2.07. The van der Waals surface area contributed by atoms with Crippen molar-refractivity contribution in [3.8, 4) is 0 Å². The fourth-order valence-corrected chi connectivity index (χ4v) is 4.04. The molecule has 0 saturated heterocycles. The summed E-state index contributed by atoms with van der Waals surface area (Å²) in [6.07, 6.45) is 0. The number of aryl methyl sites for hydroxylation is 1. The van der Waals surface area contributed by atoms with Crippen molar-refractivity contribution in [1.82, 2.24) is 10.2 Å². The molecule has 0 unspecified atom stereocenters. The molecular weight excluding hydrogens is 284 g/mol. The van der Waals surface area contributed by atoms with Gasteiger partial charge in [0.05, 0.1) is 0 Å². The highest BCUT2D eigenvalue weighted by molar-refractivity contribution is 7.12. The minimum atomic E-state index is 0.559. The summed E-state index contributed by atoms with van der Waals surface area (Å²) in [5.41, 5.74) is 1.48. The fraction of sp³-hybridized carbons (Fsp3) is 0.500. The summed E-state index contributed by atoms with van der Waals surface area (Å²) < 4.78 is 0. The molecule has 4 heteroatoms. The molecule has 110 valence electrons. The first-order valence-electron chi connectivity index (χ1n) is 7.09. The molecule has 1 N–H and O–H groups in total. The van der Waals surface area contributed by atoms with Crippen molar-refractivity contribution >= 4 is 22.7 Å². The predicted molar refractivity (Wildman–Crippen MR) is 90.5 cm³/mol. The van der Waals surface area contributed by atoms with Crippen molar-refractivity contribution < 1.29 is 0 Å². The normalized spacial score (nSPS) is 11.7. The predicted octanol–water partition coefficient (Wildman–Crippen LogP) is 4.25. The highest BCUT2D eigenvalue weighted by atomic mass is 32.1. The van der Waals surface area contributed by atoms with E-state index in [1.54, 1.807) is 0 Å². The van der Waals surface area contributed by atoms with Crippen LogP contribution in [0.3, 0.4) is 0 Å². The van der Waals surface area contributed by atoms with E-state index in [1.165, 1.54) is 20.2 Å². The van der Waals surface area contributed by atoms with Crippen LogP contribution in [0.1, 0.15) is 34.0 Å². The van der Waals surface area contributed by atoms with E-state index < -0.39 is 0 Å². The summed E-state index contributed by atoms with van der Waals surface area (Å²) in [4.78, 5) is 6.87. The summed E-state index contributed by atoms with van der Waals surface area (Å²) >= 11 is 3.76. The number of rotatable bonds is 7. The first-order chi connectivity index (χ1) is 9.60. The van der Waals surface area contributed by atoms with Crippen LogP contribution in [0.25, 0.3) is 0 Å². The van der Waals surface area contributed by atoms with Crippen LogP contribution in [-0.4, -0.2) is 18.0 Å². The van der Waals surface area contributed by atoms with E-state index in [1.807, 2.05) is 29.7 Å². The molecule has 2 nitrogen and oxygen atoms in total. The monoisotopic (exact) mass is 308 g/mol. The molecule has 0 fully saturated rings. The average Bonchev–Trinajstić information content (AvgIpc) is 3.00. The molecule has 0 spiro atoms. The van der Waals surface area contributed by atoms with Crippen molar-refractivity contribution in [2.75, 3.05) is 7.05 Å². The quantitative estimate of drug-likeness (QED) is 0.822. The molecule has 0 aromatic carbocycles. The minimum Gasteiger partial charge on any atom is -0.315 e. The molecule has 0 amide bonds. The van der Waals surface area contributed by atoms with Gasteiger partial charge in [0.2, 0.25) is 0 Å². The molecule has 0 atom stereocenters. The van der Waals surface area contributed by atoms with Crippen LogP contribution in [0.2, 0.25) is 0 Å². The highest BCUT2D eigenvalue weighted by Gasteiger charge is 2.14. The van der Waals surface area contributed by atoms with Gasteiger partial charge in [-0.05, 0) is 50.9 Å². The summed E-state index contributed by atoms with van der Waals surface area (Å²) in [6, 6.07) is 7.29. The molecule has 2 aromatic heterocycles. The lowest BCUT2D eigenvalue weighted by molar-refractivity contribution is 0.205. The number of nitrogens with zero attached hydrogens (tertiary/aromatic N) is 1. The van der Waals surface area contributed by atoms with Crippen LogP contribution in [0.4, 0.5) is 0 Å². The van der Waals surface area contributed by atoms with Gasteiger partial charge in [-0.3, -0.25) is 4.90 Å². The maximum atomic E-state index is 3.24. The van der Waals surface area contributed by atoms with Gasteiger partial charge in [0.15, 0.2) is 0 Å². The maximum Gasteiger partial charge on any atom is 0.0334 e. The molecule has 0 aliphatic rings. The standard InChI is InChI=1S/C16H24N2S2/c1-12(2)18(11-15-6-5-7-19-15)10-14-8-16(9-17-4)20-13(14)3/h5-8,12,17H,9-11H2,1-4H3. The Morgan fingerprint density at radius 2 is 2.05 bits per heavy atom. The van der Waals surface area contributed by atoms with Gasteiger partial charge in [0, 0.05) is 40.3 Å². The first kappa shape index (κ1) is 15.7. The number of hydrogen-bond acceptors (Lipinski definition) is 4. The van der Waals surface area contributed by atoms with Crippen molar-refractivity contribution in [2.45, 2.75) is 46.4 Å². The summed E-state index contributed by atoms with van der Waals surface area (Å²) in [5.74, 6) is 0. The Hall–Kier alpha value is -0.680. The second-order valence-corrected chi connectivity index (χ2v) is 7.78. The Morgan fingerprint density at radius 1 is 1.25 bits per heavy atom. The number of hydrogen-bond donors (Lipinski definition) is 1. The van der Waals surface area contributed by atoms with E-state index in [0.29, 0.717) is 6.04 Å². The lowest BCUT2D eigenvalue weighted by atomic mass is 10.2. The van der Waals surface area contributed by atoms with E-state index in [0.717, 1.165) is 19.6 Å². The Labute approximate surface area is 130 Å². The third kappa shape index (κ3) is 4.16. The fourth-order valence-electron chi connectivity index (χ4n) is 2.25. The van der Waals surface area contributed by atoms with E-state index >= 15 is 0 Å². The summed E-state index contributed by atoms with van der Waals surface area (Å²) in [6.45, 7) is 9.86. The Bertz CT molecular complexity index is 515. The molecule has 2 rings (SSSR count). The molecule has 2 aromatic rings. The molecule has 0 aliphatic heterocycles. The summed E-state index contributed by atoms with van der Waals surface area (Å²) in [7, 11) is 2.01. The molecule has 20 heavy (non-hydrogen) atoms. The van der Waals surface area contributed by atoms with Gasteiger partial charge < -0.3 is 5.32 Å². The molecular formula is C16H24N2S2. The zero-order valence-corrected chi connectivity index (χ0v) is 14.4. The van der Waals surface area contributed by atoms with Gasteiger partial charge in [-0.15, -0.1) is 22.7 Å². The van der Waals surface area contributed by atoms with Crippen molar-refractivity contribution in [2.24, 2.45) is 0 Å². The molecule has 0 saturated carbocycles. The highest BCUT2D eigenvalue weighted by Crippen LogP contribution is 2.25. The van der Waals surface area contributed by atoms with Crippen LogP contribution in [0, 0.1) is 6.92 Å². The van der Waals surface area contributed by atoms with E-state index in [4.69, 9.17) is 0 Å². The lowest BCUT2D eigenvalue weighted by Gasteiger charge is -2.26. The van der Waals surface area contributed by atoms with Gasteiger partial charge >= 0.3 is 0 Å². The number of thiophene rings is 2.